The minimum atomic E-state index is -4.07. The lowest BCUT2D eigenvalue weighted by molar-refractivity contribution is -0.111. The van der Waals surface area contributed by atoms with Gasteiger partial charge < -0.3 is 4.74 Å². The minimum Gasteiger partial charge on any atom is -0.497 e. The van der Waals surface area contributed by atoms with E-state index in [1.165, 1.54) is 24.4 Å². The number of fused-ring (bicyclic) bond motifs is 1. The van der Waals surface area contributed by atoms with Gasteiger partial charge in [-0.1, -0.05) is 60.7 Å². The Bertz CT molecular complexity index is 1550. The Morgan fingerprint density at radius 1 is 0.765 bits per heavy atom. The van der Waals surface area contributed by atoms with E-state index in [1.54, 1.807) is 73.8 Å². The number of hydrogen-bond acceptors (Lipinski definition) is 5. The van der Waals surface area contributed by atoms with Crippen LogP contribution in [0.4, 0.5) is 0 Å². The van der Waals surface area contributed by atoms with Gasteiger partial charge in [0.05, 0.1) is 23.3 Å². The molecule has 0 bridgehead atoms. The zero-order valence-corrected chi connectivity index (χ0v) is 19.0. The Hall–Kier alpha value is -4.23. The van der Waals surface area contributed by atoms with Crippen LogP contribution in [0.2, 0.25) is 0 Å². The molecule has 0 N–H and O–H groups in total. The molecule has 0 saturated heterocycles. The van der Waals surface area contributed by atoms with Crippen LogP contribution in [0.15, 0.2) is 102 Å². The molecule has 1 aromatic heterocycles. The fourth-order valence-corrected chi connectivity index (χ4v) is 5.48. The van der Waals surface area contributed by atoms with E-state index >= 15 is 0 Å². The van der Waals surface area contributed by atoms with E-state index in [0.717, 1.165) is 3.97 Å². The van der Waals surface area contributed by atoms with Gasteiger partial charge in [0.15, 0.2) is 0 Å². The van der Waals surface area contributed by atoms with Gasteiger partial charge >= 0.3 is 0 Å². The Morgan fingerprint density at radius 3 is 2.00 bits per heavy atom. The molecule has 1 heterocycles. The maximum atomic E-state index is 13.7. The van der Waals surface area contributed by atoms with Gasteiger partial charge in [0.1, 0.15) is 5.75 Å². The third-order valence-corrected chi connectivity index (χ3v) is 7.41. The van der Waals surface area contributed by atoms with Gasteiger partial charge in [0.25, 0.3) is 10.0 Å². The number of carbonyl (C=O) groups excluding carboxylic acids is 2. The van der Waals surface area contributed by atoms with Crippen LogP contribution in [0.25, 0.3) is 16.7 Å². The summed E-state index contributed by atoms with van der Waals surface area (Å²) in [6.45, 7) is 0. The highest BCUT2D eigenvalue weighted by atomic mass is 32.2. The number of allylic oxidation sites excluding steroid dienone is 1. The molecule has 0 amide bonds. The topological polar surface area (TPSA) is 82.4 Å². The number of carbonyl (C=O) groups is 2. The number of methoxy groups -OCH3 is 1. The van der Waals surface area contributed by atoms with Crippen LogP contribution < -0.4 is 4.74 Å². The van der Waals surface area contributed by atoms with Crippen molar-refractivity contribution in [1.82, 2.24) is 3.97 Å². The summed E-state index contributed by atoms with van der Waals surface area (Å²) in [7, 11) is -2.53. The van der Waals surface area contributed by atoms with Crippen molar-refractivity contribution in [3.8, 4) is 16.9 Å². The van der Waals surface area contributed by atoms with E-state index < -0.39 is 21.6 Å². The Kier molecular flexibility index (Phi) is 5.26. The molecular weight excluding hydrogens is 450 g/mol. The van der Waals surface area contributed by atoms with Crippen LogP contribution in [-0.2, 0) is 14.8 Å². The summed E-state index contributed by atoms with van der Waals surface area (Å²) in [5, 5.41) is 0. The first-order chi connectivity index (χ1) is 16.4. The smallest absolute Gasteiger partial charge is 0.268 e. The number of rotatable bonds is 5. The summed E-state index contributed by atoms with van der Waals surface area (Å²) in [4.78, 5) is 26.0. The monoisotopic (exact) mass is 469 g/mol. The van der Waals surface area contributed by atoms with E-state index in [2.05, 4.69) is 0 Å². The third-order valence-electron chi connectivity index (χ3n) is 5.74. The van der Waals surface area contributed by atoms with Gasteiger partial charge in [-0.3, -0.25) is 9.59 Å². The largest absolute Gasteiger partial charge is 0.497 e. The van der Waals surface area contributed by atoms with Crippen molar-refractivity contribution in [3.05, 3.63) is 114 Å². The fourth-order valence-electron chi connectivity index (χ4n) is 4.08. The van der Waals surface area contributed by atoms with Gasteiger partial charge in [0, 0.05) is 17.3 Å². The lowest BCUT2D eigenvalue weighted by atomic mass is 9.87. The summed E-state index contributed by atoms with van der Waals surface area (Å²) in [5.41, 5.74) is 2.20. The molecule has 0 radical (unpaired) electrons. The van der Waals surface area contributed by atoms with Crippen molar-refractivity contribution in [2.45, 2.75) is 4.90 Å². The molecule has 168 valence electrons. The van der Waals surface area contributed by atoms with Crippen LogP contribution in [0.5, 0.6) is 5.75 Å². The molecule has 0 atom stereocenters. The second kappa shape index (κ2) is 8.28. The van der Waals surface area contributed by atoms with Crippen molar-refractivity contribution >= 4 is 27.2 Å². The second-order valence-corrected chi connectivity index (χ2v) is 9.54. The maximum absolute atomic E-state index is 13.7. The molecule has 0 spiro atoms. The number of ether oxygens (including phenoxy) is 1. The molecule has 6 nitrogen and oxygen atoms in total. The minimum absolute atomic E-state index is 0.0732. The molecule has 7 heteroatoms. The van der Waals surface area contributed by atoms with E-state index in [0.29, 0.717) is 28.0 Å². The molecule has 0 saturated carbocycles. The second-order valence-electron chi connectivity index (χ2n) is 7.73. The van der Waals surface area contributed by atoms with Gasteiger partial charge in [-0.25, -0.2) is 12.4 Å². The molecule has 5 rings (SSSR count). The first kappa shape index (κ1) is 21.6. The molecule has 0 aliphatic heterocycles. The molecular formula is C27H19NO5S. The van der Waals surface area contributed by atoms with Crippen LogP contribution >= 0.6 is 0 Å². The van der Waals surface area contributed by atoms with E-state index in [-0.39, 0.29) is 16.2 Å². The lowest BCUT2D eigenvalue weighted by Gasteiger charge is -2.18. The highest BCUT2D eigenvalue weighted by Crippen LogP contribution is 2.40. The van der Waals surface area contributed by atoms with Crippen molar-refractivity contribution in [1.29, 1.82) is 0 Å². The van der Waals surface area contributed by atoms with Gasteiger partial charge in [-0.15, -0.1) is 0 Å². The summed E-state index contributed by atoms with van der Waals surface area (Å²) in [6, 6.07) is 23.8. The van der Waals surface area contributed by atoms with Crippen LogP contribution in [0, 0.1) is 0 Å². The number of nitrogens with zero attached hydrogens (tertiary/aromatic N) is 1. The zero-order chi connectivity index (χ0) is 23.9. The van der Waals surface area contributed by atoms with Crippen molar-refractivity contribution < 1.29 is 22.7 Å². The molecule has 34 heavy (non-hydrogen) atoms. The predicted molar refractivity (Wildman–Crippen MR) is 128 cm³/mol. The van der Waals surface area contributed by atoms with E-state index in [4.69, 9.17) is 4.74 Å². The van der Waals surface area contributed by atoms with E-state index in [1.807, 2.05) is 6.07 Å². The summed E-state index contributed by atoms with van der Waals surface area (Å²) in [5.74, 6) is -0.835. The van der Waals surface area contributed by atoms with Gasteiger partial charge in [-0.2, -0.15) is 0 Å². The Morgan fingerprint density at radius 2 is 1.38 bits per heavy atom. The van der Waals surface area contributed by atoms with Crippen molar-refractivity contribution in [3.63, 3.8) is 0 Å². The summed E-state index contributed by atoms with van der Waals surface area (Å²) >= 11 is 0. The number of aromatic nitrogens is 1. The Labute approximate surface area is 196 Å². The quantitative estimate of drug-likeness (QED) is 0.399. The first-order valence-electron chi connectivity index (χ1n) is 10.5. The summed E-state index contributed by atoms with van der Waals surface area (Å²) < 4.78 is 33.8. The van der Waals surface area contributed by atoms with Crippen molar-refractivity contribution in [2.24, 2.45) is 0 Å². The standard InChI is InChI=1S/C27H19NO5S/c1-33-20-14-12-19(13-15-20)22-16-24(29)27(30)25-23(18-8-4-2-5-9-18)17-28(26(22)25)34(31,32)21-10-6-3-7-11-21/h2-17H,1H3. The lowest BCUT2D eigenvalue weighted by Crippen LogP contribution is -2.23. The SMILES string of the molecule is COc1ccc(C2=CC(=O)C(=O)c3c(-c4ccccc4)cn(S(=O)(=O)c4ccccc4)c32)cc1. The third kappa shape index (κ3) is 3.47. The fraction of sp³-hybridized carbons (Fsp3) is 0.0370. The average Bonchev–Trinajstić information content (AvgIpc) is 3.29. The molecule has 0 unspecified atom stereocenters. The predicted octanol–water partition coefficient (Wildman–Crippen LogP) is 4.60. The van der Waals surface area contributed by atoms with Crippen LogP contribution in [-0.4, -0.2) is 31.1 Å². The Balaban J connectivity index is 1.84. The normalized spacial score (nSPS) is 13.4. The zero-order valence-electron chi connectivity index (χ0n) is 18.1. The molecule has 3 aromatic carbocycles. The van der Waals surface area contributed by atoms with E-state index in [9.17, 15) is 18.0 Å². The number of Topliss-reactive ketones (excluding diaryl/α,β-unsaturated/α-hetero) is 1. The molecule has 4 aromatic rings. The van der Waals surface area contributed by atoms with Gasteiger partial charge in [-0.05, 0) is 41.5 Å². The van der Waals surface area contributed by atoms with Crippen LogP contribution in [0.3, 0.4) is 0 Å². The highest BCUT2D eigenvalue weighted by Gasteiger charge is 2.36. The van der Waals surface area contributed by atoms with Gasteiger partial charge in [0.2, 0.25) is 11.6 Å². The molecule has 1 aliphatic rings. The number of benzene rings is 3. The molecule has 0 fully saturated rings. The molecule has 1 aliphatic carbocycles. The first-order valence-corrected chi connectivity index (χ1v) is 11.9. The summed E-state index contributed by atoms with van der Waals surface area (Å²) in [6.07, 6.45) is 2.63. The number of ketones is 2. The average molecular weight is 470 g/mol. The number of hydrogen-bond donors (Lipinski definition) is 0. The van der Waals surface area contributed by atoms with Crippen LogP contribution in [0.1, 0.15) is 21.6 Å². The highest BCUT2D eigenvalue weighted by molar-refractivity contribution is 7.90. The van der Waals surface area contributed by atoms with Crippen molar-refractivity contribution in [2.75, 3.05) is 7.11 Å². The maximum Gasteiger partial charge on any atom is 0.268 e.